The summed E-state index contributed by atoms with van der Waals surface area (Å²) in [7, 11) is -2.21. The zero-order chi connectivity index (χ0) is 23.5. The molecule has 0 aliphatic carbocycles. The summed E-state index contributed by atoms with van der Waals surface area (Å²) < 4.78 is 29.4. The first kappa shape index (κ1) is 22.0. The maximum atomic E-state index is 13.4. The Kier molecular flexibility index (Phi) is 5.13. The number of sulfonamides is 1. The molecule has 0 spiro atoms. The van der Waals surface area contributed by atoms with Crippen LogP contribution >= 0.6 is 0 Å². The quantitative estimate of drug-likeness (QED) is 0.484. The lowest BCUT2D eigenvalue weighted by Crippen LogP contribution is -2.39. The summed E-state index contributed by atoms with van der Waals surface area (Å²) >= 11 is 0. The van der Waals surface area contributed by atoms with Crippen LogP contribution in [0.5, 0.6) is 0 Å². The van der Waals surface area contributed by atoms with Crippen molar-refractivity contribution in [2.24, 2.45) is 18.1 Å². The average molecular weight is 459 g/mol. The van der Waals surface area contributed by atoms with Gasteiger partial charge in [0.1, 0.15) is 0 Å². The smallest absolute Gasteiger partial charge is 0.283 e. The van der Waals surface area contributed by atoms with Crippen molar-refractivity contribution in [2.45, 2.75) is 45.6 Å². The molecule has 3 heterocycles. The number of aryl methyl sites for hydroxylation is 2. The molecular formula is C21H26N6O4S. The van der Waals surface area contributed by atoms with Gasteiger partial charge in [0.25, 0.3) is 5.56 Å². The third-order valence-corrected chi connectivity index (χ3v) is 6.80. The van der Waals surface area contributed by atoms with E-state index in [1.54, 1.807) is 23.6 Å². The van der Waals surface area contributed by atoms with Crippen molar-refractivity contribution in [3.63, 3.8) is 0 Å². The largest absolute Gasteiger partial charge is 0.332 e. The summed E-state index contributed by atoms with van der Waals surface area (Å²) in [6, 6.07) is 6.11. The number of nitrogens with zero attached hydrogens (tertiary/aromatic N) is 5. The highest BCUT2D eigenvalue weighted by atomic mass is 32.2. The van der Waals surface area contributed by atoms with Crippen LogP contribution in [-0.2, 0) is 23.6 Å². The van der Waals surface area contributed by atoms with Crippen molar-refractivity contribution in [3.05, 3.63) is 56.5 Å². The highest BCUT2D eigenvalue weighted by molar-refractivity contribution is 7.89. The fraction of sp³-hybridized carbons (Fsp3) is 0.381. The van der Waals surface area contributed by atoms with E-state index < -0.39 is 15.7 Å². The van der Waals surface area contributed by atoms with Gasteiger partial charge in [0.2, 0.25) is 15.8 Å². The third-order valence-electron chi connectivity index (χ3n) is 5.87. The van der Waals surface area contributed by atoms with Gasteiger partial charge in [-0.3, -0.25) is 22.9 Å². The summed E-state index contributed by atoms with van der Waals surface area (Å²) in [6.07, 6.45) is 0.706. The highest BCUT2D eigenvalue weighted by Gasteiger charge is 2.23. The molecule has 32 heavy (non-hydrogen) atoms. The van der Waals surface area contributed by atoms with E-state index in [1.165, 1.54) is 21.3 Å². The van der Waals surface area contributed by atoms with Crippen LogP contribution in [0.15, 0.2) is 38.8 Å². The summed E-state index contributed by atoms with van der Waals surface area (Å²) in [6.45, 7) is 8.18. The van der Waals surface area contributed by atoms with Crippen molar-refractivity contribution in [1.29, 1.82) is 0 Å². The van der Waals surface area contributed by atoms with E-state index >= 15 is 0 Å². The van der Waals surface area contributed by atoms with Gasteiger partial charge in [-0.25, -0.2) is 18.4 Å². The molecule has 0 radical (unpaired) electrons. The Labute approximate surface area is 184 Å². The molecule has 4 aromatic rings. The number of nitrogens with two attached hydrogens (primary N) is 1. The number of primary sulfonamides is 1. The second kappa shape index (κ2) is 7.45. The molecule has 0 aliphatic heterocycles. The lowest BCUT2D eigenvalue weighted by atomic mass is 10.1. The second-order valence-corrected chi connectivity index (χ2v) is 10.0. The zero-order valence-corrected chi connectivity index (χ0v) is 19.5. The maximum absolute atomic E-state index is 13.4. The number of fused-ring (bicyclic) bond motifs is 3. The van der Waals surface area contributed by atoms with Gasteiger partial charge in [0.05, 0.1) is 4.90 Å². The Morgan fingerprint density at radius 1 is 1.06 bits per heavy atom. The van der Waals surface area contributed by atoms with Crippen molar-refractivity contribution in [2.75, 3.05) is 0 Å². The van der Waals surface area contributed by atoms with Gasteiger partial charge in [-0.15, -0.1) is 0 Å². The monoisotopic (exact) mass is 458 g/mol. The first-order valence-corrected chi connectivity index (χ1v) is 11.8. The summed E-state index contributed by atoms with van der Waals surface area (Å²) in [4.78, 5) is 30.8. The van der Waals surface area contributed by atoms with E-state index in [0.717, 1.165) is 11.4 Å². The topological polar surface area (TPSA) is 126 Å². The molecule has 0 unspecified atom stereocenters. The lowest BCUT2D eigenvalue weighted by Gasteiger charge is -2.10. The van der Waals surface area contributed by atoms with Crippen LogP contribution in [-0.4, -0.2) is 31.5 Å². The minimum atomic E-state index is -3.81. The zero-order valence-electron chi connectivity index (χ0n) is 18.7. The fourth-order valence-corrected chi connectivity index (χ4v) is 4.44. The molecule has 0 bridgehead atoms. The van der Waals surface area contributed by atoms with E-state index in [2.05, 4.69) is 4.98 Å². The number of hydrogen-bond acceptors (Lipinski definition) is 5. The van der Waals surface area contributed by atoms with E-state index in [0.29, 0.717) is 41.5 Å². The summed E-state index contributed by atoms with van der Waals surface area (Å²) in [5.41, 5.74) is 2.15. The molecule has 0 saturated heterocycles. The molecule has 4 rings (SSSR count). The van der Waals surface area contributed by atoms with Gasteiger partial charge in [0.15, 0.2) is 11.2 Å². The molecule has 0 saturated carbocycles. The van der Waals surface area contributed by atoms with Crippen molar-refractivity contribution < 1.29 is 8.42 Å². The van der Waals surface area contributed by atoms with Crippen molar-refractivity contribution in [1.82, 2.24) is 23.1 Å². The van der Waals surface area contributed by atoms with Crippen LogP contribution in [0.4, 0.5) is 0 Å². The minimum absolute atomic E-state index is 0.00254. The van der Waals surface area contributed by atoms with Gasteiger partial charge in [-0.05, 0) is 50.5 Å². The number of imidazole rings is 2. The highest BCUT2D eigenvalue weighted by Crippen LogP contribution is 2.25. The average Bonchev–Trinajstić information content (AvgIpc) is 3.21. The van der Waals surface area contributed by atoms with Crippen molar-refractivity contribution >= 4 is 27.0 Å². The maximum Gasteiger partial charge on any atom is 0.332 e. The molecule has 1 aromatic carbocycles. The minimum Gasteiger partial charge on any atom is -0.283 e. The molecule has 0 fully saturated rings. The summed E-state index contributed by atoms with van der Waals surface area (Å²) in [5, 5.41) is 5.21. The molecular weight excluding hydrogens is 432 g/mol. The lowest BCUT2D eigenvalue weighted by molar-refractivity contribution is 0.488. The Balaban J connectivity index is 2.03. The van der Waals surface area contributed by atoms with Gasteiger partial charge in [0, 0.05) is 30.7 Å². The van der Waals surface area contributed by atoms with Crippen LogP contribution in [0.2, 0.25) is 0 Å². The Morgan fingerprint density at radius 3 is 2.25 bits per heavy atom. The van der Waals surface area contributed by atoms with Gasteiger partial charge >= 0.3 is 5.69 Å². The first-order chi connectivity index (χ1) is 14.9. The van der Waals surface area contributed by atoms with Gasteiger partial charge < -0.3 is 0 Å². The molecule has 0 atom stereocenters. The first-order valence-electron chi connectivity index (χ1n) is 10.3. The third kappa shape index (κ3) is 3.28. The van der Waals surface area contributed by atoms with Crippen LogP contribution in [0.3, 0.4) is 0 Å². The normalized spacial score (nSPS) is 12.5. The Morgan fingerprint density at radius 2 is 1.69 bits per heavy atom. The number of aromatic nitrogens is 5. The van der Waals surface area contributed by atoms with Gasteiger partial charge in [-0.1, -0.05) is 13.8 Å². The molecule has 170 valence electrons. The summed E-state index contributed by atoms with van der Waals surface area (Å²) in [5.74, 6) is 0.810. The molecule has 10 nitrogen and oxygen atoms in total. The number of rotatable bonds is 5. The Bertz CT molecular complexity index is 1580. The van der Waals surface area contributed by atoms with Gasteiger partial charge in [-0.2, -0.15) is 4.98 Å². The van der Waals surface area contributed by atoms with Crippen LogP contribution in [0.1, 0.15) is 31.7 Å². The molecule has 3 aromatic heterocycles. The van der Waals surface area contributed by atoms with E-state index in [4.69, 9.17) is 5.14 Å². The Hall–Kier alpha value is -3.18. The molecule has 0 amide bonds. The van der Waals surface area contributed by atoms with Crippen LogP contribution in [0, 0.1) is 19.8 Å². The number of benzene rings is 1. The van der Waals surface area contributed by atoms with Crippen LogP contribution in [0.25, 0.3) is 22.6 Å². The molecule has 11 heteroatoms. The second-order valence-electron chi connectivity index (χ2n) is 8.45. The van der Waals surface area contributed by atoms with E-state index in [1.807, 2.05) is 32.3 Å². The molecule has 0 aliphatic rings. The van der Waals surface area contributed by atoms with Crippen LogP contribution < -0.4 is 16.4 Å². The molecule has 2 N–H and O–H groups in total. The predicted octanol–water partition coefficient (Wildman–Crippen LogP) is 1.45. The number of hydrogen-bond donors (Lipinski definition) is 1. The van der Waals surface area contributed by atoms with E-state index in [-0.39, 0.29) is 10.5 Å². The predicted molar refractivity (Wildman–Crippen MR) is 122 cm³/mol. The standard InChI is InChI=1S/C21H26N6O4S/c1-12(2)10-11-25-19(28)17-18(24(5)21(25)29)23-20-26(13(3)14(4)27(17)20)15-6-8-16(9-7-15)32(22,30)31/h6-9,12H,10-11H2,1-5H3,(H2,22,30,31). The van der Waals surface area contributed by atoms with E-state index in [9.17, 15) is 18.0 Å². The fourth-order valence-electron chi connectivity index (χ4n) is 3.93. The van der Waals surface area contributed by atoms with Crippen molar-refractivity contribution in [3.8, 4) is 5.69 Å². The SMILES string of the molecule is Cc1c(C)n2c3c(=O)n(CCC(C)C)c(=O)n(C)c3nc2n1-c1ccc(S(N)(=O)=O)cc1.